The highest BCUT2D eigenvalue weighted by Gasteiger charge is 2.22. The third-order valence-corrected chi connectivity index (χ3v) is 8.19. The van der Waals surface area contributed by atoms with Crippen LogP contribution >= 0.6 is 35.3 Å². The number of nitrogens with one attached hydrogen (secondary N) is 1. The van der Waals surface area contributed by atoms with Crippen molar-refractivity contribution >= 4 is 57.4 Å². The third-order valence-electron chi connectivity index (χ3n) is 4.96. The molecular formula is C21H29IN4O2S2. The van der Waals surface area contributed by atoms with Gasteiger partial charge in [-0.15, -0.1) is 35.3 Å². The van der Waals surface area contributed by atoms with Gasteiger partial charge >= 0.3 is 0 Å². The fourth-order valence-corrected chi connectivity index (χ4v) is 5.65. The maximum Gasteiger partial charge on any atom is 0.252 e. The van der Waals surface area contributed by atoms with E-state index in [0.717, 1.165) is 31.9 Å². The molecule has 0 unspecified atom stereocenters. The van der Waals surface area contributed by atoms with E-state index >= 15 is 0 Å². The summed E-state index contributed by atoms with van der Waals surface area (Å²) < 4.78 is 26.7. The maximum atomic E-state index is 12.5. The van der Waals surface area contributed by atoms with Gasteiger partial charge in [0.15, 0.2) is 5.96 Å². The topological polar surface area (TPSA) is 65.0 Å². The first kappa shape index (κ1) is 24.8. The summed E-state index contributed by atoms with van der Waals surface area (Å²) in [6.07, 6.45) is 4.28. The number of rotatable bonds is 6. The Kier molecular flexibility index (Phi) is 9.79. The van der Waals surface area contributed by atoms with E-state index in [1.54, 1.807) is 31.6 Å². The Balaban J connectivity index is 0.00000320. The van der Waals surface area contributed by atoms with Crippen molar-refractivity contribution < 1.29 is 8.42 Å². The summed E-state index contributed by atoms with van der Waals surface area (Å²) in [6.45, 7) is 2.70. The molecular weight excluding hydrogens is 531 g/mol. The molecule has 30 heavy (non-hydrogen) atoms. The Bertz CT molecular complexity index is 935. The number of thiophene rings is 1. The molecule has 0 spiro atoms. The first-order valence-corrected chi connectivity index (χ1v) is 12.0. The fourth-order valence-electron chi connectivity index (χ4n) is 3.28. The summed E-state index contributed by atoms with van der Waals surface area (Å²) in [5.74, 6) is 0.825. The minimum Gasteiger partial charge on any atom is -0.355 e. The van der Waals surface area contributed by atoms with E-state index in [0.29, 0.717) is 17.3 Å². The van der Waals surface area contributed by atoms with Crippen molar-refractivity contribution in [2.75, 3.05) is 40.3 Å². The minimum atomic E-state index is -3.41. The van der Waals surface area contributed by atoms with Gasteiger partial charge in [0.05, 0.1) is 0 Å². The van der Waals surface area contributed by atoms with Gasteiger partial charge in [-0.1, -0.05) is 48.0 Å². The van der Waals surface area contributed by atoms with Crippen LogP contribution in [0, 0.1) is 0 Å². The number of likely N-dealkylation sites (tertiary alicyclic amines) is 1. The van der Waals surface area contributed by atoms with Crippen molar-refractivity contribution in [3.8, 4) is 0 Å². The zero-order valence-electron chi connectivity index (χ0n) is 17.3. The first-order valence-electron chi connectivity index (χ1n) is 9.70. The van der Waals surface area contributed by atoms with Crippen molar-refractivity contribution in [1.82, 2.24) is 14.5 Å². The molecule has 1 fully saturated rings. The summed E-state index contributed by atoms with van der Waals surface area (Å²) in [5.41, 5.74) is 2.69. The van der Waals surface area contributed by atoms with E-state index in [9.17, 15) is 8.42 Å². The highest BCUT2D eigenvalue weighted by atomic mass is 127. The molecule has 6 nitrogen and oxygen atoms in total. The Hall–Kier alpha value is -1.43. The summed E-state index contributed by atoms with van der Waals surface area (Å²) in [7, 11) is -0.0315. The minimum absolute atomic E-state index is 0. The number of piperidine rings is 1. The smallest absolute Gasteiger partial charge is 0.252 e. The van der Waals surface area contributed by atoms with Gasteiger partial charge in [-0.05, 0) is 29.9 Å². The number of nitrogens with zero attached hydrogens (tertiary/aromatic N) is 3. The molecule has 1 N–H and O–H groups in total. The van der Waals surface area contributed by atoms with Gasteiger partial charge in [0.1, 0.15) is 4.21 Å². The molecule has 0 radical (unpaired) electrons. The molecule has 1 saturated heterocycles. The van der Waals surface area contributed by atoms with Gasteiger partial charge in [-0.3, -0.25) is 4.99 Å². The highest BCUT2D eigenvalue weighted by molar-refractivity contribution is 14.0. The monoisotopic (exact) mass is 560 g/mol. The van der Waals surface area contributed by atoms with Crippen LogP contribution in [-0.4, -0.2) is 63.9 Å². The molecule has 1 aliphatic rings. The van der Waals surface area contributed by atoms with Crippen LogP contribution in [0.3, 0.4) is 0 Å². The van der Waals surface area contributed by atoms with E-state index in [1.807, 2.05) is 6.07 Å². The molecule has 2 aromatic rings. The number of hydrogen-bond donors (Lipinski definition) is 1. The Morgan fingerprint density at radius 2 is 1.90 bits per heavy atom. The van der Waals surface area contributed by atoms with Crippen LogP contribution in [0.15, 0.2) is 62.6 Å². The quantitative estimate of drug-likeness (QED) is 0.332. The summed E-state index contributed by atoms with van der Waals surface area (Å²) >= 11 is 1.24. The standard InChI is InChI=1S/C21H28N4O2S2.HI/c1-22-21(23-12-15-24(2)29(26,27)20-9-6-16-28-20)25-13-10-19(11-14-25)17-18-7-4-3-5-8-18;/h3-9,16-17H,10-15H2,1-2H3,(H,22,23);1H. The van der Waals surface area contributed by atoms with Crippen LogP contribution in [-0.2, 0) is 10.0 Å². The van der Waals surface area contributed by atoms with Gasteiger partial charge in [0.25, 0.3) is 10.0 Å². The van der Waals surface area contributed by atoms with E-state index < -0.39 is 10.0 Å². The lowest BCUT2D eigenvalue weighted by molar-refractivity contribution is 0.373. The molecule has 0 amide bonds. The molecule has 0 aliphatic carbocycles. The molecule has 0 saturated carbocycles. The number of hydrogen-bond acceptors (Lipinski definition) is 4. The number of aliphatic imine (C=N–C) groups is 1. The molecule has 9 heteroatoms. The molecule has 1 aliphatic heterocycles. The van der Waals surface area contributed by atoms with Gasteiger partial charge < -0.3 is 10.2 Å². The van der Waals surface area contributed by atoms with Crippen LogP contribution in [0.1, 0.15) is 18.4 Å². The fraction of sp³-hybridized carbons (Fsp3) is 0.381. The summed E-state index contributed by atoms with van der Waals surface area (Å²) in [4.78, 5) is 6.61. The molecule has 1 aromatic heterocycles. The van der Waals surface area contributed by atoms with Crippen LogP contribution in [0.5, 0.6) is 0 Å². The van der Waals surface area contributed by atoms with Gasteiger partial charge in [-0.25, -0.2) is 8.42 Å². The summed E-state index contributed by atoms with van der Waals surface area (Å²) in [5, 5.41) is 5.08. The summed E-state index contributed by atoms with van der Waals surface area (Å²) in [6, 6.07) is 13.8. The number of sulfonamides is 1. The van der Waals surface area contributed by atoms with E-state index in [2.05, 4.69) is 45.6 Å². The van der Waals surface area contributed by atoms with Crippen molar-refractivity contribution in [3.05, 3.63) is 59.0 Å². The molecule has 0 atom stereocenters. The zero-order chi connectivity index (χ0) is 20.7. The molecule has 0 bridgehead atoms. The van der Waals surface area contributed by atoms with E-state index in [4.69, 9.17) is 0 Å². The van der Waals surface area contributed by atoms with Crippen LogP contribution in [0.2, 0.25) is 0 Å². The lowest BCUT2D eigenvalue weighted by Crippen LogP contribution is -2.46. The molecule has 2 heterocycles. The predicted molar refractivity (Wildman–Crippen MR) is 136 cm³/mol. The van der Waals surface area contributed by atoms with E-state index in [1.165, 1.54) is 26.8 Å². The van der Waals surface area contributed by atoms with Crippen molar-refractivity contribution in [3.63, 3.8) is 0 Å². The lowest BCUT2D eigenvalue weighted by atomic mass is 10.0. The van der Waals surface area contributed by atoms with Crippen molar-refractivity contribution in [2.24, 2.45) is 4.99 Å². The molecule has 1 aromatic carbocycles. The second-order valence-corrected chi connectivity index (χ2v) is 10.2. The highest BCUT2D eigenvalue weighted by Crippen LogP contribution is 2.20. The zero-order valence-corrected chi connectivity index (χ0v) is 21.3. The Morgan fingerprint density at radius 3 is 2.50 bits per heavy atom. The molecule has 164 valence electrons. The number of halogens is 1. The molecule has 3 rings (SSSR count). The second kappa shape index (κ2) is 11.8. The Labute approximate surface area is 200 Å². The van der Waals surface area contributed by atoms with Crippen molar-refractivity contribution in [2.45, 2.75) is 17.1 Å². The first-order chi connectivity index (χ1) is 14.0. The van der Waals surface area contributed by atoms with Gasteiger partial charge in [0, 0.05) is 40.3 Å². The lowest BCUT2D eigenvalue weighted by Gasteiger charge is -2.31. The normalized spacial score (nSPS) is 15.1. The van der Waals surface area contributed by atoms with Crippen LogP contribution in [0.4, 0.5) is 0 Å². The number of guanidine groups is 1. The van der Waals surface area contributed by atoms with Crippen molar-refractivity contribution in [1.29, 1.82) is 0 Å². The maximum absolute atomic E-state index is 12.5. The van der Waals surface area contributed by atoms with Crippen LogP contribution < -0.4 is 5.32 Å². The Morgan fingerprint density at radius 1 is 1.20 bits per heavy atom. The third kappa shape index (κ3) is 6.53. The van der Waals surface area contributed by atoms with Gasteiger partial charge in [0.2, 0.25) is 0 Å². The van der Waals surface area contributed by atoms with Crippen LogP contribution in [0.25, 0.3) is 6.08 Å². The predicted octanol–water partition coefficient (Wildman–Crippen LogP) is 3.74. The second-order valence-electron chi connectivity index (χ2n) is 6.93. The average molecular weight is 561 g/mol. The SMILES string of the molecule is CN=C(NCCN(C)S(=O)(=O)c1cccs1)N1CCC(=Cc2ccccc2)CC1.I. The number of likely N-dealkylation sites (N-methyl/N-ethyl adjacent to an activating group) is 1. The van der Waals surface area contributed by atoms with Gasteiger partial charge in [-0.2, -0.15) is 4.31 Å². The largest absolute Gasteiger partial charge is 0.355 e. The number of benzene rings is 1. The van der Waals surface area contributed by atoms with E-state index in [-0.39, 0.29) is 24.0 Å². The average Bonchev–Trinajstić information content (AvgIpc) is 3.28.